The third-order valence-corrected chi connectivity index (χ3v) is 4.47. The Morgan fingerprint density at radius 3 is 2.54 bits per heavy atom. The zero-order valence-electron chi connectivity index (χ0n) is 15.0. The summed E-state index contributed by atoms with van der Waals surface area (Å²) in [5.74, 6) is 1.17. The quantitative estimate of drug-likeness (QED) is 0.605. The summed E-state index contributed by atoms with van der Waals surface area (Å²) in [7, 11) is 0. The van der Waals surface area contributed by atoms with Crippen LogP contribution in [0.25, 0.3) is 6.08 Å². The minimum Gasteiger partial charge on any atom is -0.486 e. The van der Waals surface area contributed by atoms with Crippen LogP contribution < -0.4 is 14.4 Å². The number of carbonyl (C=O) groups is 1. The highest BCUT2D eigenvalue weighted by atomic mass is 35.5. The second-order valence-electron chi connectivity index (χ2n) is 6.16. The Morgan fingerprint density at radius 2 is 1.79 bits per heavy atom. The number of anilines is 1. The molecule has 28 heavy (non-hydrogen) atoms. The van der Waals surface area contributed by atoms with E-state index in [1.54, 1.807) is 29.2 Å². The highest BCUT2D eigenvalue weighted by Gasteiger charge is 2.22. The first kappa shape index (κ1) is 18.2. The van der Waals surface area contributed by atoms with Gasteiger partial charge in [0, 0.05) is 18.3 Å². The summed E-state index contributed by atoms with van der Waals surface area (Å²) in [5.41, 5.74) is 1.73. The van der Waals surface area contributed by atoms with Gasteiger partial charge in [-0.1, -0.05) is 42.5 Å². The molecule has 0 aliphatic carbocycles. The van der Waals surface area contributed by atoms with E-state index in [1.165, 1.54) is 0 Å². The number of nitrogens with zero attached hydrogens (tertiary/aromatic N) is 1. The molecule has 0 saturated heterocycles. The summed E-state index contributed by atoms with van der Waals surface area (Å²) in [5, 5.41) is 0.172. The summed E-state index contributed by atoms with van der Waals surface area (Å²) in [4.78, 5) is 14.6. The topological polar surface area (TPSA) is 51.9 Å². The van der Waals surface area contributed by atoms with E-state index in [2.05, 4.69) is 0 Å². The Hall–Kier alpha value is -3.18. The average Bonchev–Trinajstić information content (AvgIpc) is 3.17. The van der Waals surface area contributed by atoms with Crippen LogP contribution in [-0.4, -0.2) is 25.7 Å². The number of benzene rings is 2. The molecule has 1 aliphatic heterocycles. The molecule has 142 valence electrons. The Kier molecular flexibility index (Phi) is 5.35. The average molecular weight is 396 g/mol. The molecule has 2 aromatic carbocycles. The Labute approximate surface area is 167 Å². The second kappa shape index (κ2) is 8.23. The molecule has 0 saturated carbocycles. The van der Waals surface area contributed by atoms with E-state index in [0.717, 1.165) is 5.56 Å². The van der Waals surface area contributed by atoms with Crippen LogP contribution in [0.3, 0.4) is 0 Å². The van der Waals surface area contributed by atoms with Crippen molar-refractivity contribution in [2.75, 3.05) is 24.7 Å². The van der Waals surface area contributed by atoms with Gasteiger partial charge in [0.1, 0.15) is 13.2 Å². The second-order valence-corrected chi connectivity index (χ2v) is 6.53. The summed E-state index contributed by atoms with van der Waals surface area (Å²) >= 11 is 5.85. The van der Waals surface area contributed by atoms with Crippen LogP contribution in [0.4, 0.5) is 5.69 Å². The first-order valence-electron chi connectivity index (χ1n) is 8.89. The highest BCUT2D eigenvalue weighted by molar-refractivity contribution is 6.29. The van der Waals surface area contributed by atoms with Gasteiger partial charge >= 0.3 is 0 Å². The van der Waals surface area contributed by atoms with Crippen molar-refractivity contribution in [3.8, 4) is 11.5 Å². The molecule has 3 aromatic rings. The van der Waals surface area contributed by atoms with Crippen molar-refractivity contribution in [2.45, 2.75) is 0 Å². The number of furan rings is 1. The number of rotatable bonds is 5. The van der Waals surface area contributed by atoms with E-state index in [0.29, 0.717) is 36.9 Å². The fourth-order valence-corrected chi connectivity index (χ4v) is 3.07. The maximum atomic E-state index is 13.0. The highest BCUT2D eigenvalue weighted by Crippen LogP contribution is 2.34. The van der Waals surface area contributed by atoms with Gasteiger partial charge in [0.15, 0.2) is 22.5 Å². The van der Waals surface area contributed by atoms with Crippen molar-refractivity contribution in [3.05, 3.63) is 83.3 Å². The summed E-state index contributed by atoms with van der Waals surface area (Å²) < 4.78 is 16.5. The number of carbonyl (C=O) groups excluding carboxylic acids is 1. The van der Waals surface area contributed by atoms with E-state index >= 15 is 0 Å². The number of hydrogen-bond donors (Lipinski definition) is 0. The Bertz CT molecular complexity index is 997. The summed E-state index contributed by atoms with van der Waals surface area (Å²) in [6.07, 6.45) is 3.89. The van der Waals surface area contributed by atoms with Crippen molar-refractivity contribution in [1.29, 1.82) is 0 Å². The van der Waals surface area contributed by atoms with Gasteiger partial charge in [0.05, 0.1) is 0 Å². The fourth-order valence-electron chi connectivity index (χ4n) is 2.93. The molecule has 0 bridgehead atoms. The molecule has 2 heterocycles. The molecule has 0 radical (unpaired) electrons. The monoisotopic (exact) mass is 395 g/mol. The Balaban J connectivity index is 1.63. The molecule has 5 nitrogen and oxygen atoms in total. The molecule has 0 N–H and O–H groups in total. The van der Waals surface area contributed by atoms with Gasteiger partial charge in [-0.25, -0.2) is 0 Å². The predicted molar refractivity (Wildman–Crippen MR) is 108 cm³/mol. The lowest BCUT2D eigenvalue weighted by atomic mass is 10.2. The molecular weight excluding hydrogens is 378 g/mol. The van der Waals surface area contributed by atoms with Crippen molar-refractivity contribution in [3.63, 3.8) is 0 Å². The van der Waals surface area contributed by atoms with E-state index in [-0.39, 0.29) is 16.9 Å². The first-order chi connectivity index (χ1) is 13.7. The number of amides is 1. The lowest BCUT2D eigenvalue weighted by molar-refractivity contribution is 0.0963. The van der Waals surface area contributed by atoms with Crippen LogP contribution in [-0.2, 0) is 0 Å². The molecule has 1 aliphatic rings. The van der Waals surface area contributed by atoms with E-state index in [9.17, 15) is 4.79 Å². The van der Waals surface area contributed by atoms with E-state index < -0.39 is 0 Å². The minimum absolute atomic E-state index is 0.172. The van der Waals surface area contributed by atoms with Gasteiger partial charge in [-0.2, -0.15) is 0 Å². The first-order valence-corrected chi connectivity index (χ1v) is 9.27. The van der Waals surface area contributed by atoms with Crippen LogP contribution >= 0.6 is 11.6 Å². The Morgan fingerprint density at radius 1 is 1.00 bits per heavy atom. The molecule has 0 atom stereocenters. The van der Waals surface area contributed by atoms with Gasteiger partial charge < -0.3 is 18.8 Å². The van der Waals surface area contributed by atoms with Gasteiger partial charge in [-0.3, -0.25) is 4.79 Å². The normalized spacial score (nSPS) is 12.9. The molecule has 0 unspecified atom stereocenters. The van der Waals surface area contributed by atoms with Gasteiger partial charge in [-0.05, 0) is 41.4 Å². The third-order valence-electron chi connectivity index (χ3n) is 4.26. The van der Waals surface area contributed by atoms with Crippen LogP contribution in [0.1, 0.15) is 16.1 Å². The largest absolute Gasteiger partial charge is 0.486 e. The van der Waals surface area contributed by atoms with Crippen LogP contribution in [0.15, 0.2) is 71.2 Å². The van der Waals surface area contributed by atoms with Crippen molar-refractivity contribution >= 4 is 29.3 Å². The smallest absolute Gasteiger partial charge is 0.294 e. The van der Waals surface area contributed by atoms with Crippen molar-refractivity contribution in [1.82, 2.24) is 0 Å². The van der Waals surface area contributed by atoms with E-state index in [4.69, 9.17) is 25.5 Å². The molecule has 6 heteroatoms. The molecule has 1 amide bonds. The zero-order valence-corrected chi connectivity index (χ0v) is 15.8. The van der Waals surface area contributed by atoms with Crippen LogP contribution in [0, 0.1) is 0 Å². The maximum Gasteiger partial charge on any atom is 0.294 e. The van der Waals surface area contributed by atoms with Gasteiger partial charge in [0.2, 0.25) is 0 Å². The van der Waals surface area contributed by atoms with Gasteiger partial charge in [-0.15, -0.1) is 0 Å². The minimum atomic E-state index is -0.290. The fraction of sp³-hybridized carbons (Fsp3) is 0.136. The predicted octanol–water partition coefficient (Wildman–Crippen LogP) is 5.06. The summed E-state index contributed by atoms with van der Waals surface area (Å²) in [6.45, 7) is 1.34. The molecular formula is C22H18ClNO4. The SMILES string of the molecule is O=C(c1ccc(Cl)o1)N(C/C=C\c1ccccc1)c1ccc2c(c1)OCCO2. The van der Waals surface area contributed by atoms with Crippen molar-refractivity contribution in [2.24, 2.45) is 0 Å². The third kappa shape index (κ3) is 4.05. The van der Waals surface area contributed by atoms with Gasteiger partial charge in [0.25, 0.3) is 5.91 Å². The number of hydrogen-bond acceptors (Lipinski definition) is 4. The molecule has 0 fully saturated rings. The molecule has 1 aromatic heterocycles. The maximum absolute atomic E-state index is 13.0. The van der Waals surface area contributed by atoms with Crippen molar-refractivity contribution < 1.29 is 18.7 Å². The standard InChI is InChI=1S/C22H18ClNO4/c23-21-11-10-19(28-21)22(25)24(12-4-7-16-5-2-1-3-6-16)17-8-9-18-20(15-17)27-14-13-26-18/h1-11,15H,12-14H2/b7-4-. The molecule has 0 spiro atoms. The number of fused-ring (bicyclic) bond motifs is 1. The molecule has 4 rings (SSSR count). The number of ether oxygens (including phenoxy) is 2. The number of halogens is 1. The summed E-state index contributed by atoms with van der Waals surface area (Å²) in [6, 6.07) is 18.4. The zero-order chi connectivity index (χ0) is 19.3. The lowest BCUT2D eigenvalue weighted by Crippen LogP contribution is -2.31. The van der Waals surface area contributed by atoms with Crippen LogP contribution in [0.5, 0.6) is 11.5 Å². The lowest BCUT2D eigenvalue weighted by Gasteiger charge is -2.24. The van der Waals surface area contributed by atoms with E-state index in [1.807, 2.05) is 48.6 Å². The van der Waals surface area contributed by atoms with Crippen LogP contribution in [0.2, 0.25) is 5.22 Å².